The first-order chi connectivity index (χ1) is 14.0. The predicted molar refractivity (Wildman–Crippen MR) is 111 cm³/mol. The van der Waals surface area contributed by atoms with Crippen molar-refractivity contribution in [3.8, 4) is 0 Å². The van der Waals surface area contributed by atoms with E-state index in [2.05, 4.69) is 0 Å². The predicted octanol–water partition coefficient (Wildman–Crippen LogP) is 4.90. The minimum absolute atomic E-state index is 0.137. The summed E-state index contributed by atoms with van der Waals surface area (Å²) in [6.07, 6.45) is -0.884. The lowest BCUT2D eigenvalue weighted by atomic mass is 9.86. The van der Waals surface area contributed by atoms with Crippen LogP contribution in [0.2, 0.25) is 0 Å². The number of non-ortho nitro benzene ring substituents is 1. The number of ether oxygens (including phenoxy) is 1. The van der Waals surface area contributed by atoms with Crippen molar-refractivity contribution in [1.82, 2.24) is 0 Å². The summed E-state index contributed by atoms with van der Waals surface area (Å²) < 4.78 is 5.47. The van der Waals surface area contributed by atoms with E-state index in [1.807, 2.05) is 67.6 Å². The highest BCUT2D eigenvalue weighted by Crippen LogP contribution is 2.30. The molecule has 3 aromatic carbocycles. The van der Waals surface area contributed by atoms with E-state index >= 15 is 0 Å². The first-order valence-corrected chi connectivity index (χ1v) is 9.18. The summed E-state index contributed by atoms with van der Waals surface area (Å²) in [7, 11) is 0. The van der Waals surface area contributed by atoms with Gasteiger partial charge < -0.3 is 9.84 Å². The molecule has 0 aliphatic carbocycles. The van der Waals surface area contributed by atoms with Crippen molar-refractivity contribution in [1.29, 1.82) is 0 Å². The van der Waals surface area contributed by atoms with Gasteiger partial charge in [-0.1, -0.05) is 78.9 Å². The second-order valence-electron chi connectivity index (χ2n) is 6.11. The second kappa shape index (κ2) is 11.4. The molecule has 0 saturated carbocycles. The third-order valence-corrected chi connectivity index (χ3v) is 4.18. The molecular weight excluding hydrogens is 370 g/mol. The van der Waals surface area contributed by atoms with Gasteiger partial charge in [0, 0.05) is 24.7 Å². The number of carboxylic acids is 1. The third kappa shape index (κ3) is 6.55. The number of aliphatic carboxylic acids is 1. The average molecular weight is 393 g/mol. The van der Waals surface area contributed by atoms with Crippen LogP contribution in [0.4, 0.5) is 5.69 Å². The molecule has 0 amide bonds. The average Bonchev–Trinajstić information content (AvgIpc) is 2.76. The van der Waals surface area contributed by atoms with E-state index in [0.717, 1.165) is 11.1 Å². The number of rotatable bonds is 7. The van der Waals surface area contributed by atoms with Crippen molar-refractivity contribution in [3.05, 3.63) is 112 Å². The second-order valence-corrected chi connectivity index (χ2v) is 6.11. The van der Waals surface area contributed by atoms with E-state index in [1.54, 1.807) is 18.2 Å². The lowest BCUT2D eigenvalue weighted by Gasteiger charge is -2.24. The number of carboxylic acid groups (broad SMARTS) is 1. The summed E-state index contributed by atoms with van der Waals surface area (Å²) >= 11 is 0. The molecule has 0 bridgehead atoms. The van der Waals surface area contributed by atoms with Crippen LogP contribution in [-0.2, 0) is 9.53 Å². The Hall–Kier alpha value is -3.51. The van der Waals surface area contributed by atoms with Crippen LogP contribution in [0, 0.1) is 10.1 Å². The monoisotopic (exact) mass is 393 g/mol. The Morgan fingerprint density at radius 3 is 1.62 bits per heavy atom. The first kappa shape index (κ1) is 21.8. The normalized spacial score (nSPS) is 11.2. The van der Waals surface area contributed by atoms with Crippen LogP contribution in [0.25, 0.3) is 0 Å². The van der Waals surface area contributed by atoms with E-state index in [4.69, 9.17) is 4.74 Å². The summed E-state index contributed by atoms with van der Waals surface area (Å²) in [6.45, 7) is 2.18. The molecule has 1 N–H and O–H groups in total. The van der Waals surface area contributed by atoms with Crippen LogP contribution >= 0.6 is 0 Å². The van der Waals surface area contributed by atoms with Gasteiger partial charge in [-0.25, -0.2) is 4.79 Å². The molecule has 0 aliphatic rings. The highest BCUT2D eigenvalue weighted by Gasteiger charge is 2.31. The Labute approximate surface area is 169 Å². The number of nitrogens with zero attached hydrogens (tertiary/aromatic N) is 1. The van der Waals surface area contributed by atoms with Crippen molar-refractivity contribution in [2.45, 2.75) is 18.9 Å². The third-order valence-electron chi connectivity index (χ3n) is 4.18. The van der Waals surface area contributed by atoms with E-state index in [0.29, 0.717) is 6.61 Å². The maximum Gasteiger partial charge on any atom is 0.333 e. The minimum Gasteiger partial charge on any atom is -0.479 e. The van der Waals surface area contributed by atoms with Gasteiger partial charge in [-0.2, -0.15) is 0 Å². The van der Waals surface area contributed by atoms with E-state index in [-0.39, 0.29) is 11.6 Å². The summed E-state index contributed by atoms with van der Waals surface area (Å²) in [5.74, 6) is -1.25. The number of carbonyl (C=O) groups is 1. The molecule has 0 fully saturated rings. The number of nitro groups is 1. The quantitative estimate of drug-likeness (QED) is 0.455. The molecule has 0 aliphatic heterocycles. The van der Waals surface area contributed by atoms with Gasteiger partial charge in [0.15, 0.2) is 6.10 Å². The lowest BCUT2D eigenvalue weighted by molar-refractivity contribution is -0.384. The van der Waals surface area contributed by atoms with Crippen molar-refractivity contribution in [2.24, 2.45) is 0 Å². The number of hydrogen-bond donors (Lipinski definition) is 1. The van der Waals surface area contributed by atoms with E-state index in [1.165, 1.54) is 12.1 Å². The zero-order valence-electron chi connectivity index (χ0n) is 16.0. The van der Waals surface area contributed by atoms with Crippen LogP contribution in [0.15, 0.2) is 91.0 Å². The maximum atomic E-state index is 11.6. The molecular formula is C23H23NO5. The fraction of sp³-hybridized carbons (Fsp3) is 0.174. The lowest BCUT2D eigenvalue weighted by Crippen LogP contribution is -2.31. The van der Waals surface area contributed by atoms with Crippen LogP contribution in [0.3, 0.4) is 0 Å². The number of nitro benzene ring substituents is 1. The molecule has 0 aromatic heterocycles. The van der Waals surface area contributed by atoms with Crippen molar-refractivity contribution < 1.29 is 19.6 Å². The van der Waals surface area contributed by atoms with Gasteiger partial charge in [0.25, 0.3) is 5.69 Å². The van der Waals surface area contributed by atoms with Gasteiger partial charge in [-0.3, -0.25) is 10.1 Å². The van der Waals surface area contributed by atoms with Crippen molar-refractivity contribution in [2.75, 3.05) is 6.61 Å². The summed E-state index contributed by atoms with van der Waals surface area (Å²) in [5, 5.41) is 19.5. The molecule has 150 valence electrons. The highest BCUT2D eigenvalue weighted by atomic mass is 16.6. The summed E-state index contributed by atoms with van der Waals surface area (Å²) in [5.41, 5.74) is 2.02. The number of hydrogen-bond acceptors (Lipinski definition) is 4. The molecule has 6 heteroatoms. The van der Waals surface area contributed by atoms with Gasteiger partial charge in [0.1, 0.15) is 0 Å². The van der Waals surface area contributed by atoms with E-state index < -0.39 is 17.0 Å². The fourth-order valence-electron chi connectivity index (χ4n) is 2.90. The molecule has 3 rings (SSSR count). The van der Waals surface area contributed by atoms with Gasteiger partial charge in [0.2, 0.25) is 0 Å². The summed E-state index contributed by atoms with van der Waals surface area (Å²) in [4.78, 5) is 21.1. The Kier molecular flexibility index (Phi) is 8.53. The first-order valence-electron chi connectivity index (χ1n) is 9.18. The zero-order valence-corrected chi connectivity index (χ0v) is 16.0. The molecule has 0 saturated heterocycles. The van der Waals surface area contributed by atoms with Crippen molar-refractivity contribution in [3.63, 3.8) is 0 Å². The molecule has 0 heterocycles. The molecule has 29 heavy (non-hydrogen) atoms. The molecule has 3 aromatic rings. The van der Waals surface area contributed by atoms with Crippen LogP contribution in [-0.4, -0.2) is 28.7 Å². The number of para-hydroxylation sites is 1. The van der Waals surface area contributed by atoms with Crippen LogP contribution in [0.1, 0.15) is 24.0 Å². The maximum absolute atomic E-state index is 11.6. The Morgan fingerprint density at radius 2 is 1.31 bits per heavy atom. The Balaban J connectivity index is 0.000000278. The smallest absolute Gasteiger partial charge is 0.333 e. The van der Waals surface area contributed by atoms with Gasteiger partial charge in [-0.05, 0) is 18.1 Å². The summed E-state index contributed by atoms with van der Waals surface area (Å²) in [6, 6.07) is 27.2. The highest BCUT2D eigenvalue weighted by molar-refractivity contribution is 5.75. The molecule has 1 atom stereocenters. The molecule has 0 radical (unpaired) electrons. The largest absolute Gasteiger partial charge is 0.479 e. The minimum atomic E-state index is -0.940. The molecule has 1 unspecified atom stereocenters. The van der Waals surface area contributed by atoms with Crippen LogP contribution in [0.5, 0.6) is 0 Å². The van der Waals surface area contributed by atoms with Gasteiger partial charge >= 0.3 is 5.97 Å². The van der Waals surface area contributed by atoms with Crippen LogP contribution < -0.4 is 0 Å². The van der Waals surface area contributed by atoms with Gasteiger partial charge in [0.05, 0.1) is 4.92 Å². The fourth-order valence-corrected chi connectivity index (χ4v) is 2.90. The van der Waals surface area contributed by atoms with Gasteiger partial charge in [-0.15, -0.1) is 0 Å². The SMILES string of the molecule is CCOC(C(=O)O)C(c1ccccc1)c1ccccc1.O=[N+]([O-])c1ccccc1. The standard InChI is InChI=1S/C17H18O3.C6H5NO2/c1-2-20-16(17(18)19)15(13-9-5-3-6-10-13)14-11-7-4-8-12-14;8-7(9)6-4-2-1-3-5-6/h3-12,15-16H,2H2,1H3,(H,18,19);1-5H. The zero-order chi connectivity index (χ0) is 21.1. The van der Waals surface area contributed by atoms with Crippen molar-refractivity contribution >= 4 is 11.7 Å². The molecule has 0 spiro atoms. The number of benzene rings is 3. The Morgan fingerprint density at radius 1 is 0.897 bits per heavy atom. The topological polar surface area (TPSA) is 89.7 Å². The molecule has 6 nitrogen and oxygen atoms in total. The Bertz CT molecular complexity index is 845. The van der Waals surface area contributed by atoms with E-state index in [9.17, 15) is 20.0 Å².